The highest BCUT2D eigenvalue weighted by molar-refractivity contribution is 4.69. The van der Waals surface area contributed by atoms with Gasteiger partial charge in [0.25, 0.3) is 0 Å². The molecule has 0 bridgehead atoms. The Morgan fingerprint density at radius 1 is 1.54 bits per heavy atom. The first kappa shape index (κ1) is 11.0. The quantitative estimate of drug-likeness (QED) is 0.679. The van der Waals surface area contributed by atoms with Crippen molar-refractivity contribution >= 4 is 0 Å². The molecule has 3 heteroatoms. The van der Waals surface area contributed by atoms with Crippen molar-refractivity contribution in [1.82, 2.24) is 10.2 Å². The van der Waals surface area contributed by atoms with Crippen LogP contribution >= 0.6 is 0 Å². The Morgan fingerprint density at radius 2 is 2.31 bits per heavy atom. The van der Waals surface area contributed by atoms with Gasteiger partial charge in [-0.1, -0.05) is 0 Å². The maximum atomic E-state index is 5.31. The highest BCUT2D eigenvalue weighted by atomic mass is 16.5. The van der Waals surface area contributed by atoms with Crippen molar-refractivity contribution in [2.24, 2.45) is 5.92 Å². The van der Waals surface area contributed by atoms with Crippen LogP contribution < -0.4 is 5.32 Å². The number of nitrogens with one attached hydrogen (secondary N) is 1. The zero-order valence-corrected chi connectivity index (χ0v) is 9.05. The van der Waals surface area contributed by atoms with E-state index in [1.807, 2.05) is 0 Å². The molecule has 0 aromatic heterocycles. The minimum atomic E-state index is 0.613. The third kappa shape index (κ3) is 4.07. The van der Waals surface area contributed by atoms with Crippen molar-refractivity contribution in [3.8, 4) is 0 Å². The van der Waals surface area contributed by atoms with Gasteiger partial charge in [-0.05, 0) is 33.4 Å². The predicted molar refractivity (Wildman–Crippen MR) is 54.9 cm³/mol. The molecule has 0 aromatic rings. The lowest BCUT2D eigenvalue weighted by atomic mass is 10.1. The maximum absolute atomic E-state index is 5.31. The van der Waals surface area contributed by atoms with Crippen molar-refractivity contribution in [2.45, 2.75) is 19.4 Å². The molecule has 0 amide bonds. The lowest BCUT2D eigenvalue weighted by molar-refractivity contribution is 0.184. The first-order valence-electron chi connectivity index (χ1n) is 5.15. The van der Waals surface area contributed by atoms with E-state index in [1.54, 1.807) is 0 Å². The minimum Gasteiger partial charge on any atom is -0.381 e. The van der Waals surface area contributed by atoms with Crippen molar-refractivity contribution in [3.63, 3.8) is 0 Å². The number of hydrogen-bond acceptors (Lipinski definition) is 3. The Kier molecular flexibility index (Phi) is 4.70. The van der Waals surface area contributed by atoms with Gasteiger partial charge in [0.05, 0.1) is 6.61 Å². The third-order valence-corrected chi connectivity index (χ3v) is 2.78. The molecular weight excluding hydrogens is 164 g/mol. The average molecular weight is 186 g/mol. The summed E-state index contributed by atoms with van der Waals surface area (Å²) < 4.78 is 5.31. The summed E-state index contributed by atoms with van der Waals surface area (Å²) in [6.07, 6.45) is 1.23. The Hall–Kier alpha value is -0.120. The number of hydrogen-bond donors (Lipinski definition) is 1. The monoisotopic (exact) mass is 186 g/mol. The maximum Gasteiger partial charge on any atom is 0.0507 e. The molecule has 1 aliphatic heterocycles. The second-order valence-corrected chi connectivity index (χ2v) is 4.20. The van der Waals surface area contributed by atoms with Crippen molar-refractivity contribution in [1.29, 1.82) is 0 Å². The molecule has 1 heterocycles. The molecule has 0 radical (unpaired) electrons. The number of likely N-dealkylation sites (N-methyl/N-ethyl adjacent to an activating group) is 1. The number of rotatable bonds is 5. The van der Waals surface area contributed by atoms with E-state index >= 15 is 0 Å². The zero-order chi connectivity index (χ0) is 9.68. The number of ether oxygens (including phenoxy) is 1. The van der Waals surface area contributed by atoms with Crippen LogP contribution in [0.1, 0.15) is 13.3 Å². The van der Waals surface area contributed by atoms with Crippen LogP contribution in [0.15, 0.2) is 0 Å². The zero-order valence-electron chi connectivity index (χ0n) is 9.05. The second kappa shape index (κ2) is 5.58. The van der Waals surface area contributed by atoms with Crippen molar-refractivity contribution in [2.75, 3.05) is 40.4 Å². The fourth-order valence-electron chi connectivity index (χ4n) is 1.42. The van der Waals surface area contributed by atoms with Crippen LogP contribution in [0, 0.1) is 5.92 Å². The highest BCUT2D eigenvalue weighted by Crippen LogP contribution is 2.10. The summed E-state index contributed by atoms with van der Waals surface area (Å²) >= 11 is 0. The lowest BCUT2D eigenvalue weighted by Crippen LogP contribution is -2.37. The summed E-state index contributed by atoms with van der Waals surface area (Å²) in [4.78, 5) is 2.23. The summed E-state index contributed by atoms with van der Waals surface area (Å²) in [6, 6.07) is 0.613. The van der Waals surface area contributed by atoms with Gasteiger partial charge in [0.15, 0.2) is 0 Å². The van der Waals surface area contributed by atoms with Gasteiger partial charge >= 0.3 is 0 Å². The van der Waals surface area contributed by atoms with Crippen LogP contribution in [0.3, 0.4) is 0 Å². The van der Waals surface area contributed by atoms with E-state index in [2.05, 4.69) is 31.2 Å². The SMILES string of the molecule is CC(CNCC1CCOC1)N(C)C. The molecule has 3 nitrogen and oxygen atoms in total. The highest BCUT2D eigenvalue weighted by Gasteiger charge is 2.15. The van der Waals surface area contributed by atoms with Gasteiger partial charge < -0.3 is 15.0 Å². The summed E-state index contributed by atoms with van der Waals surface area (Å²) in [7, 11) is 4.23. The van der Waals surface area contributed by atoms with E-state index in [0.29, 0.717) is 6.04 Å². The Labute approximate surface area is 81.4 Å². The molecule has 0 aromatic carbocycles. The van der Waals surface area contributed by atoms with Gasteiger partial charge in [0.1, 0.15) is 0 Å². The van der Waals surface area contributed by atoms with Crippen LogP contribution in [0.25, 0.3) is 0 Å². The first-order valence-corrected chi connectivity index (χ1v) is 5.15. The summed E-state index contributed by atoms with van der Waals surface area (Å²) in [5.41, 5.74) is 0. The first-order chi connectivity index (χ1) is 6.20. The van der Waals surface area contributed by atoms with Gasteiger partial charge in [0.2, 0.25) is 0 Å². The molecule has 2 unspecified atom stereocenters. The molecule has 0 aliphatic carbocycles. The standard InChI is InChI=1S/C10H22N2O/c1-9(12(2)3)6-11-7-10-4-5-13-8-10/h9-11H,4-8H2,1-3H3. The molecule has 1 N–H and O–H groups in total. The lowest BCUT2D eigenvalue weighted by Gasteiger charge is -2.20. The largest absolute Gasteiger partial charge is 0.381 e. The molecule has 1 rings (SSSR count). The van der Waals surface area contributed by atoms with E-state index in [9.17, 15) is 0 Å². The predicted octanol–water partition coefficient (Wildman–Crippen LogP) is 0.563. The fraction of sp³-hybridized carbons (Fsp3) is 1.00. The molecule has 0 spiro atoms. The van der Waals surface area contributed by atoms with E-state index in [4.69, 9.17) is 4.74 Å². The Balaban J connectivity index is 1.99. The topological polar surface area (TPSA) is 24.5 Å². The van der Waals surface area contributed by atoms with Gasteiger partial charge in [0, 0.05) is 25.7 Å². The van der Waals surface area contributed by atoms with Gasteiger partial charge in [-0.3, -0.25) is 0 Å². The van der Waals surface area contributed by atoms with Gasteiger partial charge in [-0.15, -0.1) is 0 Å². The van der Waals surface area contributed by atoms with Crippen LogP contribution in [-0.4, -0.2) is 51.3 Å². The smallest absolute Gasteiger partial charge is 0.0507 e. The molecule has 78 valence electrons. The van der Waals surface area contributed by atoms with Gasteiger partial charge in [-0.2, -0.15) is 0 Å². The van der Waals surface area contributed by atoms with Crippen LogP contribution in [0.5, 0.6) is 0 Å². The number of nitrogens with zero attached hydrogens (tertiary/aromatic N) is 1. The Bertz CT molecular complexity index is 131. The molecule has 2 atom stereocenters. The van der Waals surface area contributed by atoms with Gasteiger partial charge in [-0.25, -0.2) is 0 Å². The van der Waals surface area contributed by atoms with E-state index in [-0.39, 0.29) is 0 Å². The molecule has 1 aliphatic rings. The third-order valence-electron chi connectivity index (χ3n) is 2.78. The van der Waals surface area contributed by atoms with Crippen LogP contribution in [0.2, 0.25) is 0 Å². The van der Waals surface area contributed by atoms with E-state index in [0.717, 1.165) is 32.2 Å². The molecule has 1 fully saturated rings. The summed E-state index contributed by atoms with van der Waals surface area (Å²) in [5, 5.41) is 3.49. The molecule has 0 saturated carbocycles. The normalized spacial score (nSPS) is 25.4. The van der Waals surface area contributed by atoms with E-state index in [1.165, 1.54) is 6.42 Å². The average Bonchev–Trinajstić information content (AvgIpc) is 2.56. The Morgan fingerprint density at radius 3 is 2.85 bits per heavy atom. The fourth-order valence-corrected chi connectivity index (χ4v) is 1.42. The second-order valence-electron chi connectivity index (χ2n) is 4.20. The minimum absolute atomic E-state index is 0.613. The van der Waals surface area contributed by atoms with Crippen LogP contribution in [0.4, 0.5) is 0 Å². The summed E-state index contributed by atoms with van der Waals surface area (Å²) in [6.45, 7) is 6.32. The molecule has 1 saturated heterocycles. The summed E-state index contributed by atoms with van der Waals surface area (Å²) in [5.74, 6) is 0.745. The van der Waals surface area contributed by atoms with E-state index < -0.39 is 0 Å². The van der Waals surface area contributed by atoms with Crippen molar-refractivity contribution in [3.05, 3.63) is 0 Å². The molecule has 13 heavy (non-hydrogen) atoms. The molecular formula is C10H22N2O. The van der Waals surface area contributed by atoms with Crippen LogP contribution in [-0.2, 0) is 4.74 Å². The van der Waals surface area contributed by atoms with Crippen molar-refractivity contribution < 1.29 is 4.74 Å².